The molecule has 0 bridgehead atoms. The highest BCUT2D eigenvalue weighted by molar-refractivity contribution is 7.84. The summed E-state index contributed by atoms with van der Waals surface area (Å²) in [4.78, 5) is 0. The molecule has 0 aliphatic carbocycles. The molecule has 0 unspecified atom stereocenters. The van der Waals surface area contributed by atoms with Crippen molar-refractivity contribution in [3.05, 3.63) is 73.3 Å². The highest BCUT2D eigenvalue weighted by atomic mass is 32.2. The molecule has 0 saturated heterocycles. The van der Waals surface area contributed by atoms with Gasteiger partial charge in [0.1, 0.15) is 19.1 Å². The second-order valence-electron chi connectivity index (χ2n) is 12.6. The first kappa shape index (κ1) is 31.5. The molecule has 0 amide bonds. The fraction of sp³-hybridized carbons (Fsp3) is 0.484. The first-order valence-electron chi connectivity index (χ1n) is 13.2. The standard InChI is InChI=1S/C31H47NO2SSi2/c1-11-24-32(35(33)30(2,3)4)27(23-26-36(8,9)10)22-25-34-37(31(5,6)7,28-18-14-12-15-19-28)29-20-16-13-17-21-29/h11-21,27H,1,22,24-25H2,2-10H3/t27-,35-/m1/s1. The minimum Gasteiger partial charge on any atom is -0.407 e. The van der Waals surface area contributed by atoms with Crippen LogP contribution in [0.25, 0.3) is 0 Å². The molecule has 0 fully saturated rings. The SMILES string of the molecule is C=CCN([C@@H](C#C[Si](C)(C)C)CCO[Si](c1ccccc1)(c1ccccc1)C(C)(C)C)[S@](=O)C(C)(C)C. The molecule has 0 radical (unpaired) electrons. The van der Waals surface area contributed by atoms with Crippen molar-refractivity contribution in [2.45, 2.75) is 83.4 Å². The average Bonchev–Trinajstić information content (AvgIpc) is 2.81. The lowest BCUT2D eigenvalue weighted by atomic mass is 10.2. The van der Waals surface area contributed by atoms with Crippen LogP contribution < -0.4 is 10.4 Å². The quantitative estimate of drug-likeness (QED) is 0.201. The van der Waals surface area contributed by atoms with E-state index in [-0.39, 0.29) is 15.8 Å². The van der Waals surface area contributed by atoms with Crippen LogP contribution >= 0.6 is 0 Å². The van der Waals surface area contributed by atoms with Gasteiger partial charge in [-0.25, -0.2) is 8.51 Å². The van der Waals surface area contributed by atoms with Crippen molar-refractivity contribution in [3.8, 4) is 11.5 Å². The number of rotatable bonds is 10. The fourth-order valence-corrected chi connectivity index (χ4v) is 11.0. The zero-order valence-corrected chi connectivity index (χ0v) is 27.2. The predicted molar refractivity (Wildman–Crippen MR) is 168 cm³/mol. The van der Waals surface area contributed by atoms with Crippen LogP contribution in [0, 0.1) is 11.5 Å². The molecule has 2 atom stereocenters. The van der Waals surface area contributed by atoms with Crippen molar-refractivity contribution >= 4 is 37.8 Å². The van der Waals surface area contributed by atoms with E-state index in [4.69, 9.17) is 4.43 Å². The van der Waals surface area contributed by atoms with Gasteiger partial charge >= 0.3 is 0 Å². The van der Waals surface area contributed by atoms with Gasteiger partial charge in [-0.3, -0.25) is 0 Å². The van der Waals surface area contributed by atoms with Crippen LogP contribution in [-0.4, -0.2) is 48.8 Å². The van der Waals surface area contributed by atoms with E-state index in [1.807, 2.05) is 31.2 Å². The van der Waals surface area contributed by atoms with Gasteiger partial charge in [-0.2, -0.15) is 0 Å². The van der Waals surface area contributed by atoms with Crippen LogP contribution in [-0.2, 0) is 15.4 Å². The number of hydrogen-bond acceptors (Lipinski definition) is 2. The Hall–Kier alpha value is -1.76. The third kappa shape index (κ3) is 8.36. The lowest BCUT2D eigenvalue weighted by Gasteiger charge is -2.43. The Morgan fingerprint density at radius 2 is 1.43 bits per heavy atom. The molecule has 0 aliphatic heterocycles. The van der Waals surface area contributed by atoms with Crippen molar-refractivity contribution < 1.29 is 8.63 Å². The highest BCUT2D eigenvalue weighted by Gasteiger charge is 2.50. The maximum absolute atomic E-state index is 13.6. The molecule has 0 N–H and O–H groups in total. The molecule has 2 rings (SSSR count). The summed E-state index contributed by atoms with van der Waals surface area (Å²) in [5.41, 5.74) is 3.54. The lowest BCUT2D eigenvalue weighted by Crippen LogP contribution is -2.66. The van der Waals surface area contributed by atoms with Gasteiger partial charge in [0, 0.05) is 13.2 Å². The Bertz CT molecular complexity index is 1050. The Morgan fingerprint density at radius 1 is 0.946 bits per heavy atom. The topological polar surface area (TPSA) is 29.5 Å². The van der Waals surface area contributed by atoms with Crippen LogP contribution in [0.15, 0.2) is 73.3 Å². The van der Waals surface area contributed by atoms with Gasteiger partial charge < -0.3 is 4.43 Å². The molecule has 37 heavy (non-hydrogen) atoms. The monoisotopic (exact) mass is 553 g/mol. The van der Waals surface area contributed by atoms with E-state index in [0.29, 0.717) is 19.6 Å². The largest absolute Gasteiger partial charge is 0.407 e. The second-order valence-corrected chi connectivity index (χ2v) is 23.8. The molecule has 2 aromatic carbocycles. The summed E-state index contributed by atoms with van der Waals surface area (Å²) in [7, 11) is -5.49. The van der Waals surface area contributed by atoms with Crippen molar-refractivity contribution in [3.63, 3.8) is 0 Å². The van der Waals surface area contributed by atoms with Gasteiger partial charge in [0.25, 0.3) is 8.32 Å². The van der Waals surface area contributed by atoms with Gasteiger partial charge in [-0.05, 0) is 42.6 Å². The summed E-state index contributed by atoms with van der Waals surface area (Å²) >= 11 is 0. The van der Waals surface area contributed by atoms with Crippen LogP contribution in [0.4, 0.5) is 0 Å². The van der Waals surface area contributed by atoms with E-state index in [0.717, 1.165) is 0 Å². The maximum Gasteiger partial charge on any atom is 0.261 e. The maximum atomic E-state index is 13.6. The van der Waals surface area contributed by atoms with Gasteiger partial charge in [-0.15, -0.1) is 12.1 Å². The summed E-state index contributed by atoms with van der Waals surface area (Å²) < 4.78 is 22.4. The zero-order chi connectivity index (χ0) is 27.9. The normalized spacial score (nSPS) is 14.5. The lowest BCUT2D eigenvalue weighted by molar-refractivity contribution is 0.262. The molecule has 0 heterocycles. The second kappa shape index (κ2) is 12.9. The Morgan fingerprint density at radius 3 is 1.81 bits per heavy atom. The van der Waals surface area contributed by atoms with Crippen molar-refractivity contribution in [2.75, 3.05) is 13.2 Å². The summed E-state index contributed by atoms with van der Waals surface area (Å²) in [5.74, 6) is 3.53. The number of hydrogen-bond donors (Lipinski definition) is 0. The van der Waals surface area contributed by atoms with Crippen LogP contribution in [0.5, 0.6) is 0 Å². The zero-order valence-electron chi connectivity index (χ0n) is 24.4. The number of nitrogens with zero attached hydrogens (tertiary/aromatic N) is 1. The molecule has 2 aromatic rings. The fourth-order valence-electron chi connectivity index (χ4n) is 4.46. The van der Waals surface area contributed by atoms with Gasteiger partial charge in [-0.1, -0.05) is 113 Å². The first-order chi connectivity index (χ1) is 17.1. The van der Waals surface area contributed by atoms with Crippen molar-refractivity contribution in [1.82, 2.24) is 4.31 Å². The molecule has 0 aliphatic rings. The van der Waals surface area contributed by atoms with Crippen LogP contribution in [0.2, 0.25) is 24.7 Å². The Balaban J connectivity index is 2.53. The summed E-state index contributed by atoms with van der Waals surface area (Å²) in [6, 6.07) is 21.2. The smallest absolute Gasteiger partial charge is 0.261 e. The van der Waals surface area contributed by atoms with E-state index in [2.05, 4.69) is 119 Å². The molecule has 0 saturated carbocycles. The molecule has 0 spiro atoms. The molecular formula is C31H47NO2SSi2. The van der Waals surface area contributed by atoms with Gasteiger partial charge in [0.15, 0.2) is 0 Å². The van der Waals surface area contributed by atoms with Crippen LogP contribution in [0.1, 0.15) is 48.0 Å². The van der Waals surface area contributed by atoms with Crippen molar-refractivity contribution in [2.24, 2.45) is 0 Å². The third-order valence-electron chi connectivity index (χ3n) is 6.13. The van der Waals surface area contributed by atoms with E-state index >= 15 is 0 Å². The van der Waals surface area contributed by atoms with E-state index in [1.165, 1.54) is 10.4 Å². The molecule has 202 valence electrons. The molecule has 6 heteroatoms. The van der Waals surface area contributed by atoms with Crippen LogP contribution in [0.3, 0.4) is 0 Å². The molecule has 0 aromatic heterocycles. The number of benzene rings is 2. The minimum atomic E-state index is -2.65. The predicted octanol–water partition coefficient (Wildman–Crippen LogP) is 6.15. The summed E-state index contributed by atoms with van der Waals surface area (Å²) in [6.07, 6.45) is 2.51. The minimum absolute atomic E-state index is 0.0930. The van der Waals surface area contributed by atoms with E-state index < -0.39 is 27.4 Å². The Labute approximate surface area is 231 Å². The summed E-state index contributed by atoms with van der Waals surface area (Å²) in [5, 5.41) is 2.43. The van der Waals surface area contributed by atoms with E-state index in [1.54, 1.807) is 0 Å². The summed E-state index contributed by atoms with van der Waals surface area (Å²) in [6.45, 7) is 24.7. The first-order valence-corrected chi connectivity index (χ1v) is 19.7. The average molecular weight is 554 g/mol. The highest BCUT2D eigenvalue weighted by Crippen LogP contribution is 2.37. The van der Waals surface area contributed by atoms with Gasteiger partial charge in [0.2, 0.25) is 0 Å². The Kier molecular flexibility index (Phi) is 10.9. The molecule has 3 nitrogen and oxygen atoms in total. The van der Waals surface area contributed by atoms with Gasteiger partial charge in [0.05, 0.1) is 10.8 Å². The van der Waals surface area contributed by atoms with Crippen molar-refractivity contribution in [1.29, 1.82) is 0 Å². The van der Waals surface area contributed by atoms with E-state index in [9.17, 15) is 4.21 Å². The third-order valence-corrected chi connectivity index (χ3v) is 13.9. The molecular weight excluding hydrogens is 507 g/mol.